The Morgan fingerprint density at radius 3 is 2.02 bits per heavy atom. The maximum Gasteiger partial charge on any atom is 0.410 e. The van der Waals surface area contributed by atoms with E-state index in [9.17, 15) is 24.0 Å². The van der Waals surface area contributed by atoms with Crippen molar-refractivity contribution in [1.82, 2.24) is 20.0 Å². The largest absolute Gasteiger partial charge is 0.445 e. The number of likely N-dealkylation sites (tertiary alicyclic amines) is 2. The molecule has 0 radical (unpaired) electrons. The highest BCUT2D eigenvalue weighted by molar-refractivity contribution is 5.90. The van der Waals surface area contributed by atoms with Crippen molar-refractivity contribution in [2.24, 2.45) is 5.92 Å². The second-order valence-corrected chi connectivity index (χ2v) is 13.9. The van der Waals surface area contributed by atoms with Crippen LogP contribution in [0.3, 0.4) is 0 Å². The van der Waals surface area contributed by atoms with Crippen LogP contribution in [0.25, 0.3) is 0 Å². The van der Waals surface area contributed by atoms with Gasteiger partial charge in [0.15, 0.2) is 0 Å². The van der Waals surface area contributed by atoms with Crippen molar-refractivity contribution in [2.45, 2.75) is 110 Å². The molecule has 2 N–H and O–H groups in total. The summed E-state index contributed by atoms with van der Waals surface area (Å²) in [6.45, 7) is 10.4. The van der Waals surface area contributed by atoms with E-state index < -0.39 is 17.7 Å². The second-order valence-electron chi connectivity index (χ2n) is 13.9. The summed E-state index contributed by atoms with van der Waals surface area (Å²) in [6.07, 6.45) is 6.01. The van der Waals surface area contributed by atoms with Crippen molar-refractivity contribution < 1.29 is 33.4 Å². The number of likely N-dealkylation sites (N-methyl/N-ethyl adjacent to an activating group) is 1. The molecule has 2 aliphatic heterocycles. The average Bonchev–Trinajstić information content (AvgIpc) is 3.74. The first kappa shape index (κ1) is 40.8. The third-order valence-corrected chi connectivity index (χ3v) is 9.09. The second kappa shape index (κ2) is 20.3. The van der Waals surface area contributed by atoms with Crippen molar-refractivity contribution in [3.63, 3.8) is 0 Å². The standard InChI is InChI=1S/C30H44N4O6.C7H7NO.C2H6/c1-30(2,3)40-28(37)32(4)19-25(35)31-26(22-13-9-6-10-14-22)27(36)33-17-15-24-23(33)16-18-34(24)29(38)39-20-21-11-7-5-8-12-21;9-6-8-7-4-2-1-3-5-7;1-2/h5,7-8,11-12,22-24,26H,6,9-10,13-20H2,1-4H3,(H,31,35);1-6H,(H,8,9);1-2H3. The summed E-state index contributed by atoms with van der Waals surface area (Å²) in [4.78, 5) is 67.0. The molecule has 0 spiro atoms. The molecule has 5 amide bonds. The minimum atomic E-state index is -0.669. The van der Waals surface area contributed by atoms with E-state index in [1.807, 2.05) is 79.4 Å². The van der Waals surface area contributed by atoms with E-state index in [1.165, 1.54) is 11.9 Å². The van der Waals surface area contributed by atoms with Crippen LogP contribution in [-0.4, -0.2) is 95.5 Å². The molecular formula is C39H57N5O7. The maximum atomic E-state index is 14.0. The molecule has 2 heterocycles. The fourth-order valence-electron chi connectivity index (χ4n) is 6.76. The predicted octanol–water partition coefficient (Wildman–Crippen LogP) is 6.21. The molecule has 5 rings (SSSR count). The minimum Gasteiger partial charge on any atom is -0.445 e. The summed E-state index contributed by atoms with van der Waals surface area (Å²) in [7, 11) is 1.51. The number of nitrogens with zero attached hydrogens (tertiary/aromatic N) is 3. The van der Waals surface area contributed by atoms with E-state index in [1.54, 1.807) is 25.7 Å². The van der Waals surface area contributed by atoms with Crippen LogP contribution < -0.4 is 10.6 Å². The van der Waals surface area contributed by atoms with E-state index in [4.69, 9.17) is 9.47 Å². The lowest BCUT2D eigenvalue weighted by atomic mass is 9.83. The number of carbonyl (C=O) groups is 5. The summed E-state index contributed by atoms with van der Waals surface area (Å²) in [5.74, 6) is -0.429. The van der Waals surface area contributed by atoms with Crippen LogP contribution in [0.2, 0.25) is 0 Å². The topological polar surface area (TPSA) is 138 Å². The first-order chi connectivity index (χ1) is 24.5. The Kier molecular flexibility index (Phi) is 16.2. The van der Waals surface area contributed by atoms with Crippen molar-refractivity contribution in [1.29, 1.82) is 0 Å². The number of rotatable bonds is 9. The number of ether oxygens (including phenoxy) is 2. The molecule has 2 aromatic rings. The number of carbonyl (C=O) groups excluding carboxylic acids is 5. The average molecular weight is 708 g/mol. The SMILES string of the molecule is CC.CN(CC(=O)NC(C(=O)N1CCC2C1CCN2C(=O)OCc1ccccc1)C1CCCCC1)C(=O)OC(C)(C)C.O=CNc1ccccc1. The van der Waals surface area contributed by atoms with Crippen LogP contribution >= 0.6 is 0 Å². The number of para-hydroxylation sites is 1. The van der Waals surface area contributed by atoms with Crippen LogP contribution in [0.4, 0.5) is 15.3 Å². The van der Waals surface area contributed by atoms with E-state index in [0.717, 1.165) is 43.4 Å². The number of anilines is 1. The molecule has 280 valence electrons. The molecule has 1 saturated carbocycles. The highest BCUT2D eigenvalue weighted by Crippen LogP contribution is 2.35. The van der Waals surface area contributed by atoms with E-state index in [0.29, 0.717) is 32.3 Å². The normalized spacial score (nSPS) is 18.8. The van der Waals surface area contributed by atoms with Gasteiger partial charge in [-0.3, -0.25) is 14.4 Å². The molecule has 3 atom stereocenters. The Morgan fingerprint density at radius 1 is 0.863 bits per heavy atom. The van der Waals surface area contributed by atoms with Gasteiger partial charge in [0.2, 0.25) is 18.2 Å². The smallest absolute Gasteiger partial charge is 0.410 e. The van der Waals surface area contributed by atoms with E-state index in [-0.39, 0.29) is 49.1 Å². The number of nitrogens with one attached hydrogen (secondary N) is 2. The Bertz CT molecular complexity index is 1400. The summed E-state index contributed by atoms with van der Waals surface area (Å²) in [5.41, 5.74) is 1.09. The monoisotopic (exact) mass is 707 g/mol. The van der Waals surface area contributed by atoms with Crippen LogP contribution in [-0.2, 0) is 30.5 Å². The van der Waals surface area contributed by atoms with Gasteiger partial charge in [-0.15, -0.1) is 0 Å². The maximum absolute atomic E-state index is 14.0. The molecular weight excluding hydrogens is 650 g/mol. The molecule has 0 aromatic heterocycles. The Balaban J connectivity index is 0.000000549. The Hall–Kier alpha value is -4.61. The molecule has 2 saturated heterocycles. The number of hydrogen-bond acceptors (Lipinski definition) is 7. The predicted molar refractivity (Wildman–Crippen MR) is 197 cm³/mol. The zero-order valence-electron chi connectivity index (χ0n) is 31.1. The number of fused-ring (bicyclic) bond motifs is 1. The summed E-state index contributed by atoms with van der Waals surface area (Å²) >= 11 is 0. The first-order valence-corrected chi connectivity index (χ1v) is 18.2. The number of hydrogen-bond donors (Lipinski definition) is 2. The van der Waals surface area contributed by atoms with Gasteiger partial charge >= 0.3 is 12.2 Å². The lowest BCUT2D eigenvalue weighted by Crippen LogP contribution is -2.56. The molecule has 0 bridgehead atoms. The third kappa shape index (κ3) is 12.6. The highest BCUT2D eigenvalue weighted by Gasteiger charge is 2.48. The van der Waals surface area contributed by atoms with E-state index >= 15 is 0 Å². The summed E-state index contributed by atoms with van der Waals surface area (Å²) < 4.78 is 10.9. The van der Waals surface area contributed by atoms with Crippen molar-refractivity contribution in [2.75, 3.05) is 32.0 Å². The zero-order chi connectivity index (χ0) is 37.4. The molecule has 12 heteroatoms. The highest BCUT2D eigenvalue weighted by atomic mass is 16.6. The number of benzene rings is 2. The van der Waals surface area contributed by atoms with Gasteiger partial charge in [-0.1, -0.05) is 81.6 Å². The van der Waals surface area contributed by atoms with Gasteiger partial charge in [0.1, 0.15) is 24.8 Å². The van der Waals surface area contributed by atoms with E-state index in [2.05, 4.69) is 10.6 Å². The summed E-state index contributed by atoms with van der Waals surface area (Å²) in [6, 6.07) is 18.0. The van der Waals surface area contributed by atoms with Gasteiger partial charge in [-0.25, -0.2) is 9.59 Å². The van der Waals surface area contributed by atoms with Gasteiger partial charge in [0, 0.05) is 25.8 Å². The molecule has 51 heavy (non-hydrogen) atoms. The molecule has 2 aromatic carbocycles. The summed E-state index contributed by atoms with van der Waals surface area (Å²) in [5, 5.41) is 5.51. The molecule has 3 fully saturated rings. The Labute approximate surface area is 303 Å². The van der Waals surface area contributed by atoms with Gasteiger partial charge in [0.05, 0.1) is 12.1 Å². The molecule has 12 nitrogen and oxygen atoms in total. The van der Waals surface area contributed by atoms with Crippen molar-refractivity contribution in [3.8, 4) is 0 Å². The fraction of sp³-hybridized carbons (Fsp3) is 0.564. The minimum absolute atomic E-state index is 0.0458. The van der Waals surface area contributed by atoms with Gasteiger partial charge < -0.3 is 34.8 Å². The Morgan fingerprint density at radius 2 is 1.43 bits per heavy atom. The van der Waals surface area contributed by atoms with Crippen LogP contribution in [0.1, 0.15) is 85.1 Å². The molecule has 3 aliphatic rings. The van der Waals surface area contributed by atoms with Crippen LogP contribution in [0.5, 0.6) is 0 Å². The first-order valence-electron chi connectivity index (χ1n) is 18.2. The third-order valence-electron chi connectivity index (χ3n) is 9.09. The molecule has 3 unspecified atom stereocenters. The van der Waals surface area contributed by atoms with Crippen LogP contribution in [0, 0.1) is 5.92 Å². The van der Waals surface area contributed by atoms with Crippen LogP contribution in [0.15, 0.2) is 60.7 Å². The van der Waals surface area contributed by atoms with Gasteiger partial charge in [-0.05, 0) is 70.1 Å². The van der Waals surface area contributed by atoms with Crippen molar-refractivity contribution in [3.05, 3.63) is 66.2 Å². The number of amides is 5. The lowest BCUT2D eigenvalue weighted by molar-refractivity contribution is -0.139. The van der Waals surface area contributed by atoms with Gasteiger partial charge in [0.25, 0.3) is 0 Å². The lowest BCUT2D eigenvalue weighted by Gasteiger charge is -2.35. The van der Waals surface area contributed by atoms with Gasteiger partial charge in [-0.2, -0.15) is 0 Å². The zero-order valence-corrected chi connectivity index (χ0v) is 31.1. The molecule has 1 aliphatic carbocycles. The quantitative estimate of drug-likeness (QED) is 0.296. The fourth-order valence-corrected chi connectivity index (χ4v) is 6.76. The van der Waals surface area contributed by atoms with Crippen molar-refractivity contribution >= 4 is 36.1 Å².